The Balaban J connectivity index is 1.99. The summed E-state index contributed by atoms with van der Waals surface area (Å²) in [7, 11) is 0. The van der Waals surface area contributed by atoms with Gasteiger partial charge in [-0.25, -0.2) is 0 Å². The van der Waals surface area contributed by atoms with Crippen molar-refractivity contribution >= 4 is 22.3 Å². The van der Waals surface area contributed by atoms with Crippen molar-refractivity contribution in [3.8, 4) is 6.07 Å². The van der Waals surface area contributed by atoms with Crippen LogP contribution in [-0.4, -0.2) is 4.98 Å². The zero-order valence-electron chi connectivity index (χ0n) is 10.2. The molecule has 0 atom stereocenters. The highest BCUT2D eigenvalue weighted by molar-refractivity contribution is 5.92. The van der Waals surface area contributed by atoms with Crippen LogP contribution < -0.4 is 5.32 Å². The maximum atomic E-state index is 8.78. The van der Waals surface area contributed by atoms with Crippen molar-refractivity contribution in [1.29, 1.82) is 5.26 Å². The molecular weight excluding hydrogens is 234 g/mol. The maximum absolute atomic E-state index is 8.78. The molecule has 0 radical (unpaired) electrons. The summed E-state index contributed by atoms with van der Waals surface area (Å²) < 4.78 is 0. The van der Waals surface area contributed by atoms with E-state index in [1.807, 2.05) is 42.5 Å². The SMILES string of the molecule is N#Cc1ccc(Nc2ccnc3ccccc23)cc1. The Hall–Kier alpha value is -2.86. The molecule has 0 aliphatic rings. The van der Waals surface area contributed by atoms with Crippen LogP contribution in [0.4, 0.5) is 11.4 Å². The largest absolute Gasteiger partial charge is 0.355 e. The minimum absolute atomic E-state index is 0.658. The van der Waals surface area contributed by atoms with Gasteiger partial charge in [-0.1, -0.05) is 18.2 Å². The van der Waals surface area contributed by atoms with E-state index >= 15 is 0 Å². The van der Waals surface area contributed by atoms with E-state index in [-0.39, 0.29) is 0 Å². The molecule has 0 amide bonds. The molecule has 0 aliphatic heterocycles. The predicted octanol–water partition coefficient (Wildman–Crippen LogP) is 3.85. The Morgan fingerprint density at radius 1 is 0.947 bits per heavy atom. The summed E-state index contributed by atoms with van der Waals surface area (Å²) in [5, 5.41) is 13.2. The standard InChI is InChI=1S/C16H11N3/c17-11-12-5-7-13(8-6-12)19-16-9-10-18-15-4-2-1-3-14(15)16/h1-10H,(H,18,19). The summed E-state index contributed by atoms with van der Waals surface area (Å²) >= 11 is 0. The highest BCUT2D eigenvalue weighted by Crippen LogP contribution is 2.24. The Kier molecular flexibility index (Phi) is 2.83. The van der Waals surface area contributed by atoms with Gasteiger partial charge in [0.05, 0.1) is 17.1 Å². The minimum atomic E-state index is 0.658. The van der Waals surface area contributed by atoms with Crippen LogP contribution >= 0.6 is 0 Å². The lowest BCUT2D eigenvalue weighted by atomic mass is 10.1. The lowest BCUT2D eigenvalue weighted by Gasteiger charge is -2.09. The van der Waals surface area contributed by atoms with E-state index < -0.39 is 0 Å². The molecule has 1 heterocycles. The summed E-state index contributed by atoms with van der Waals surface area (Å²) in [6.45, 7) is 0. The third kappa shape index (κ3) is 2.24. The van der Waals surface area contributed by atoms with Crippen LogP contribution in [0.25, 0.3) is 10.9 Å². The molecule has 19 heavy (non-hydrogen) atoms. The number of nitriles is 1. The number of nitrogens with zero attached hydrogens (tertiary/aromatic N) is 2. The van der Waals surface area contributed by atoms with Gasteiger partial charge in [0.25, 0.3) is 0 Å². The summed E-state index contributed by atoms with van der Waals surface area (Å²) in [4.78, 5) is 4.33. The van der Waals surface area contributed by atoms with Gasteiger partial charge in [-0.05, 0) is 36.4 Å². The van der Waals surface area contributed by atoms with Crippen molar-refractivity contribution in [1.82, 2.24) is 4.98 Å². The van der Waals surface area contributed by atoms with Gasteiger partial charge in [0, 0.05) is 23.0 Å². The molecule has 0 bridgehead atoms. The van der Waals surface area contributed by atoms with Gasteiger partial charge < -0.3 is 5.32 Å². The van der Waals surface area contributed by atoms with Crippen molar-refractivity contribution in [3.05, 3.63) is 66.4 Å². The number of hydrogen-bond donors (Lipinski definition) is 1. The molecule has 0 saturated heterocycles. The topological polar surface area (TPSA) is 48.7 Å². The first kappa shape index (κ1) is 11.2. The van der Waals surface area contributed by atoms with E-state index in [2.05, 4.69) is 16.4 Å². The van der Waals surface area contributed by atoms with Gasteiger partial charge in [0.2, 0.25) is 0 Å². The number of anilines is 2. The van der Waals surface area contributed by atoms with Gasteiger partial charge in [0.1, 0.15) is 0 Å². The number of rotatable bonds is 2. The van der Waals surface area contributed by atoms with Gasteiger partial charge in [-0.15, -0.1) is 0 Å². The normalized spacial score (nSPS) is 10.1. The number of benzene rings is 2. The summed E-state index contributed by atoms with van der Waals surface area (Å²) in [6, 6.07) is 19.4. The summed E-state index contributed by atoms with van der Waals surface area (Å²) in [5.41, 5.74) is 3.58. The average Bonchev–Trinajstić information content (AvgIpc) is 2.48. The first-order valence-electron chi connectivity index (χ1n) is 5.98. The van der Waals surface area contributed by atoms with Crippen molar-refractivity contribution in [2.75, 3.05) is 5.32 Å². The monoisotopic (exact) mass is 245 g/mol. The van der Waals surface area contributed by atoms with Crippen LogP contribution in [-0.2, 0) is 0 Å². The molecule has 0 saturated carbocycles. The Morgan fingerprint density at radius 3 is 2.53 bits per heavy atom. The van der Waals surface area contributed by atoms with E-state index in [4.69, 9.17) is 5.26 Å². The molecular formula is C16H11N3. The maximum Gasteiger partial charge on any atom is 0.0991 e. The second-order valence-electron chi connectivity index (χ2n) is 4.19. The van der Waals surface area contributed by atoms with Gasteiger partial charge in [-0.2, -0.15) is 5.26 Å². The number of nitrogens with one attached hydrogen (secondary N) is 1. The second-order valence-corrected chi connectivity index (χ2v) is 4.19. The molecule has 0 spiro atoms. The Morgan fingerprint density at radius 2 is 1.74 bits per heavy atom. The van der Waals surface area contributed by atoms with E-state index in [1.165, 1.54) is 0 Å². The van der Waals surface area contributed by atoms with Crippen molar-refractivity contribution in [2.24, 2.45) is 0 Å². The first-order chi connectivity index (χ1) is 9.36. The smallest absolute Gasteiger partial charge is 0.0991 e. The molecule has 3 aromatic rings. The highest BCUT2D eigenvalue weighted by atomic mass is 14.9. The highest BCUT2D eigenvalue weighted by Gasteiger charge is 2.01. The average molecular weight is 245 g/mol. The Bertz CT molecular complexity index is 750. The molecule has 0 aliphatic carbocycles. The van der Waals surface area contributed by atoms with E-state index in [1.54, 1.807) is 18.3 Å². The number of fused-ring (bicyclic) bond motifs is 1. The molecule has 3 nitrogen and oxygen atoms in total. The van der Waals surface area contributed by atoms with E-state index in [9.17, 15) is 0 Å². The molecule has 2 aromatic carbocycles. The number of hydrogen-bond acceptors (Lipinski definition) is 3. The molecule has 0 fully saturated rings. The number of aromatic nitrogens is 1. The van der Waals surface area contributed by atoms with Crippen molar-refractivity contribution in [3.63, 3.8) is 0 Å². The summed E-state index contributed by atoms with van der Waals surface area (Å²) in [6.07, 6.45) is 1.79. The third-order valence-electron chi connectivity index (χ3n) is 2.94. The zero-order valence-corrected chi connectivity index (χ0v) is 10.2. The fourth-order valence-electron chi connectivity index (χ4n) is 1.99. The Labute approximate surface area is 111 Å². The molecule has 1 N–H and O–H groups in total. The molecule has 3 heteroatoms. The van der Waals surface area contributed by atoms with Crippen LogP contribution in [0, 0.1) is 11.3 Å². The van der Waals surface area contributed by atoms with Crippen LogP contribution in [0.15, 0.2) is 60.8 Å². The van der Waals surface area contributed by atoms with Crippen molar-refractivity contribution < 1.29 is 0 Å². The van der Waals surface area contributed by atoms with E-state index in [0.29, 0.717) is 5.56 Å². The lowest BCUT2D eigenvalue weighted by molar-refractivity contribution is 1.40. The summed E-state index contributed by atoms with van der Waals surface area (Å²) in [5.74, 6) is 0. The quantitative estimate of drug-likeness (QED) is 0.746. The zero-order chi connectivity index (χ0) is 13.1. The third-order valence-corrected chi connectivity index (χ3v) is 2.94. The molecule has 1 aromatic heterocycles. The molecule has 0 unspecified atom stereocenters. The first-order valence-corrected chi connectivity index (χ1v) is 5.98. The predicted molar refractivity (Wildman–Crippen MR) is 76.2 cm³/mol. The fourth-order valence-corrected chi connectivity index (χ4v) is 1.99. The van der Waals surface area contributed by atoms with Crippen LogP contribution in [0.5, 0.6) is 0 Å². The lowest BCUT2D eigenvalue weighted by Crippen LogP contribution is -1.92. The van der Waals surface area contributed by atoms with E-state index in [0.717, 1.165) is 22.3 Å². The second kappa shape index (κ2) is 4.79. The van der Waals surface area contributed by atoms with Gasteiger partial charge in [0.15, 0.2) is 0 Å². The van der Waals surface area contributed by atoms with Gasteiger partial charge >= 0.3 is 0 Å². The number of pyridine rings is 1. The minimum Gasteiger partial charge on any atom is -0.355 e. The van der Waals surface area contributed by atoms with Crippen LogP contribution in [0.2, 0.25) is 0 Å². The number of para-hydroxylation sites is 1. The van der Waals surface area contributed by atoms with Gasteiger partial charge in [-0.3, -0.25) is 4.98 Å². The van der Waals surface area contributed by atoms with Crippen LogP contribution in [0.1, 0.15) is 5.56 Å². The van der Waals surface area contributed by atoms with Crippen molar-refractivity contribution in [2.45, 2.75) is 0 Å². The fraction of sp³-hybridized carbons (Fsp3) is 0. The van der Waals surface area contributed by atoms with Crippen LogP contribution in [0.3, 0.4) is 0 Å². The molecule has 3 rings (SSSR count). The molecule has 90 valence electrons.